The molecule has 0 radical (unpaired) electrons. The Hall–Kier alpha value is -2.87. The van der Waals surface area contributed by atoms with Crippen molar-refractivity contribution in [3.05, 3.63) is 0 Å². The third-order valence-electron chi connectivity index (χ3n) is 5.89. The van der Waals surface area contributed by atoms with Crippen LogP contribution in [0.25, 0.3) is 0 Å². The van der Waals surface area contributed by atoms with Crippen LogP contribution in [0.1, 0.15) is 51.9 Å². The standard InChI is InChI=1S/C22H40N8O5S/c1-14(19(33)27-12-18(32)30(10-11-31)15-6-3-2-4-7-15)28-21(35)17(13-36)29-20(34)16(23)8-5-9-26-22(24)25/h11,14-17,36H,2-10,12-13,23H2,1H3,(H,27,33)(H,28,35)(H,29,34)(H4,24,25,26)/t14-,16-,17-/m0/s1. The highest BCUT2D eigenvalue weighted by atomic mass is 32.1. The Morgan fingerprint density at radius 1 is 1.08 bits per heavy atom. The average Bonchev–Trinajstić information content (AvgIpc) is 2.86. The van der Waals surface area contributed by atoms with Crippen molar-refractivity contribution >= 4 is 48.5 Å². The summed E-state index contributed by atoms with van der Waals surface area (Å²) in [5.74, 6) is -2.17. The zero-order valence-corrected chi connectivity index (χ0v) is 21.7. The van der Waals surface area contributed by atoms with E-state index in [2.05, 4.69) is 33.6 Å². The highest BCUT2D eigenvalue weighted by Gasteiger charge is 2.27. The average molecular weight is 529 g/mol. The minimum Gasteiger partial charge on any atom is -0.370 e. The number of amides is 4. The van der Waals surface area contributed by atoms with E-state index in [0.29, 0.717) is 25.7 Å². The van der Waals surface area contributed by atoms with E-state index < -0.39 is 35.8 Å². The van der Waals surface area contributed by atoms with Crippen LogP contribution in [0.3, 0.4) is 0 Å². The third kappa shape index (κ3) is 11.2. The lowest BCUT2D eigenvalue weighted by Crippen LogP contribution is -2.56. The molecule has 9 N–H and O–H groups in total. The van der Waals surface area contributed by atoms with Crippen LogP contribution in [0.4, 0.5) is 0 Å². The van der Waals surface area contributed by atoms with Crippen LogP contribution < -0.4 is 33.2 Å². The van der Waals surface area contributed by atoms with Crippen molar-refractivity contribution in [2.75, 3.05) is 25.4 Å². The fourth-order valence-corrected chi connectivity index (χ4v) is 4.10. The molecule has 3 atom stereocenters. The first-order valence-electron chi connectivity index (χ1n) is 12.1. The Labute approximate surface area is 217 Å². The first kappa shape index (κ1) is 31.2. The summed E-state index contributed by atoms with van der Waals surface area (Å²) in [5.41, 5.74) is 16.3. The van der Waals surface area contributed by atoms with Gasteiger partial charge in [0.05, 0.1) is 19.1 Å². The van der Waals surface area contributed by atoms with E-state index in [0.717, 1.165) is 32.1 Å². The molecule has 0 bridgehead atoms. The molecule has 0 aliphatic heterocycles. The van der Waals surface area contributed by atoms with E-state index in [4.69, 9.17) is 17.2 Å². The van der Waals surface area contributed by atoms with Crippen LogP contribution in [0.5, 0.6) is 0 Å². The fourth-order valence-electron chi connectivity index (χ4n) is 3.85. The van der Waals surface area contributed by atoms with Gasteiger partial charge in [-0.15, -0.1) is 0 Å². The molecule has 1 aliphatic carbocycles. The van der Waals surface area contributed by atoms with Gasteiger partial charge in [0.2, 0.25) is 23.6 Å². The van der Waals surface area contributed by atoms with E-state index in [1.165, 1.54) is 11.8 Å². The van der Waals surface area contributed by atoms with E-state index in [9.17, 15) is 24.0 Å². The molecule has 0 saturated heterocycles. The Kier molecular flexibility index (Phi) is 14.5. The van der Waals surface area contributed by atoms with Crippen LogP contribution in [-0.2, 0) is 24.0 Å². The van der Waals surface area contributed by atoms with Crippen LogP contribution in [0.15, 0.2) is 4.99 Å². The molecule has 0 aromatic carbocycles. The molecule has 4 amide bonds. The lowest BCUT2D eigenvalue weighted by molar-refractivity contribution is -0.137. The third-order valence-corrected chi connectivity index (χ3v) is 6.26. The molecule has 36 heavy (non-hydrogen) atoms. The van der Waals surface area contributed by atoms with Gasteiger partial charge in [-0.25, -0.2) is 0 Å². The number of rotatable bonds is 15. The Morgan fingerprint density at radius 2 is 1.75 bits per heavy atom. The van der Waals surface area contributed by atoms with Gasteiger partial charge in [-0.1, -0.05) is 19.3 Å². The highest BCUT2D eigenvalue weighted by molar-refractivity contribution is 7.80. The normalized spacial score (nSPS) is 16.1. The summed E-state index contributed by atoms with van der Waals surface area (Å²) in [6.07, 6.45) is 6.21. The van der Waals surface area contributed by atoms with Gasteiger partial charge in [-0.3, -0.25) is 24.2 Å². The number of aldehydes is 1. The van der Waals surface area contributed by atoms with E-state index in [1.54, 1.807) is 0 Å². The van der Waals surface area contributed by atoms with Gasteiger partial charge in [0.15, 0.2) is 5.96 Å². The summed E-state index contributed by atoms with van der Waals surface area (Å²) in [7, 11) is 0. The topological polar surface area (TPSA) is 215 Å². The molecular weight excluding hydrogens is 488 g/mol. The Balaban J connectivity index is 2.52. The zero-order chi connectivity index (χ0) is 27.1. The summed E-state index contributed by atoms with van der Waals surface area (Å²) < 4.78 is 0. The van der Waals surface area contributed by atoms with Crippen molar-refractivity contribution in [3.63, 3.8) is 0 Å². The van der Waals surface area contributed by atoms with Crippen molar-refractivity contribution in [2.45, 2.75) is 76.0 Å². The number of hydrogen-bond donors (Lipinski definition) is 7. The molecule has 1 rings (SSSR count). The van der Waals surface area contributed by atoms with Crippen molar-refractivity contribution in [3.8, 4) is 0 Å². The predicted molar refractivity (Wildman–Crippen MR) is 139 cm³/mol. The molecule has 0 unspecified atom stereocenters. The summed E-state index contributed by atoms with van der Waals surface area (Å²) in [6.45, 7) is 1.47. The fraction of sp³-hybridized carbons (Fsp3) is 0.727. The van der Waals surface area contributed by atoms with Crippen LogP contribution in [0, 0.1) is 0 Å². The van der Waals surface area contributed by atoms with Gasteiger partial charge in [0.1, 0.15) is 18.4 Å². The van der Waals surface area contributed by atoms with Crippen molar-refractivity contribution in [2.24, 2.45) is 22.2 Å². The number of aliphatic imine (C=N–C) groups is 1. The Bertz CT molecular complexity index is 786. The van der Waals surface area contributed by atoms with Crippen molar-refractivity contribution in [1.82, 2.24) is 20.9 Å². The van der Waals surface area contributed by atoms with Crippen LogP contribution >= 0.6 is 12.6 Å². The van der Waals surface area contributed by atoms with Crippen molar-refractivity contribution < 1.29 is 24.0 Å². The second kappa shape index (κ2) is 16.7. The van der Waals surface area contributed by atoms with E-state index in [-0.39, 0.29) is 36.8 Å². The van der Waals surface area contributed by atoms with Crippen LogP contribution in [-0.4, -0.2) is 90.3 Å². The molecule has 0 aromatic rings. The zero-order valence-electron chi connectivity index (χ0n) is 20.8. The van der Waals surface area contributed by atoms with Gasteiger partial charge in [-0.05, 0) is 32.6 Å². The van der Waals surface area contributed by atoms with Gasteiger partial charge in [0, 0.05) is 18.3 Å². The number of carbonyl (C=O) groups is 5. The maximum absolute atomic E-state index is 12.6. The van der Waals surface area contributed by atoms with Gasteiger partial charge >= 0.3 is 0 Å². The lowest BCUT2D eigenvalue weighted by atomic mass is 9.94. The second-order valence-corrected chi connectivity index (χ2v) is 9.12. The molecule has 0 spiro atoms. The molecule has 14 heteroatoms. The monoisotopic (exact) mass is 528 g/mol. The highest BCUT2D eigenvalue weighted by Crippen LogP contribution is 2.22. The molecule has 1 aliphatic rings. The van der Waals surface area contributed by atoms with E-state index in [1.807, 2.05) is 0 Å². The summed E-state index contributed by atoms with van der Waals surface area (Å²) in [6, 6.07) is -2.88. The molecule has 204 valence electrons. The van der Waals surface area contributed by atoms with Crippen LogP contribution in [0.2, 0.25) is 0 Å². The number of nitrogens with two attached hydrogens (primary N) is 3. The minimum absolute atomic E-state index is 0.0110. The molecule has 1 fully saturated rings. The molecule has 1 saturated carbocycles. The van der Waals surface area contributed by atoms with Gasteiger partial charge in [-0.2, -0.15) is 12.6 Å². The van der Waals surface area contributed by atoms with Crippen molar-refractivity contribution in [1.29, 1.82) is 0 Å². The number of thiol groups is 1. The molecule has 0 heterocycles. The lowest BCUT2D eigenvalue weighted by Gasteiger charge is -2.33. The first-order chi connectivity index (χ1) is 17.1. The maximum Gasteiger partial charge on any atom is 0.244 e. The number of carbonyl (C=O) groups excluding carboxylic acids is 5. The summed E-state index contributed by atoms with van der Waals surface area (Å²) >= 11 is 4.10. The number of guanidine groups is 1. The summed E-state index contributed by atoms with van der Waals surface area (Å²) in [4.78, 5) is 66.3. The second-order valence-electron chi connectivity index (χ2n) is 8.75. The minimum atomic E-state index is -1.02. The van der Waals surface area contributed by atoms with Gasteiger partial charge in [0.25, 0.3) is 0 Å². The number of hydrogen-bond acceptors (Lipinski definition) is 8. The largest absolute Gasteiger partial charge is 0.370 e. The van der Waals surface area contributed by atoms with E-state index >= 15 is 0 Å². The predicted octanol–water partition coefficient (Wildman–Crippen LogP) is -2.24. The maximum atomic E-state index is 12.6. The first-order valence-corrected chi connectivity index (χ1v) is 12.8. The SMILES string of the molecule is C[C@H](NC(=O)[C@H](CS)NC(=O)[C@@H](N)CCCN=C(N)N)C(=O)NCC(=O)N(CC=O)C1CCCCC1. The summed E-state index contributed by atoms with van der Waals surface area (Å²) in [5, 5.41) is 7.51. The van der Waals surface area contributed by atoms with Gasteiger partial charge < -0.3 is 42.8 Å². The smallest absolute Gasteiger partial charge is 0.244 e. The molecule has 13 nitrogen and oxygen atoms in total. The quantitative estimate of drug-likeness (QED) is 0.0404. The Morgan fingerprint density at radius 3 is 2.33 bits per heavy atom. The molecule has 0 aromatic heterocycles. The molecular formula is C22H40N8O5S. The number of nitrogens with one attached hydrogen (secondary N) is 3. The number of nitrogens with zero attached hydrogens (tertiary/aromatic N) is 2.